The van der Waals surface area contributed by atoms with Crippen molar-refractivity contribution in [3.8, 4) is 11.5 Å². The zero-order valence-corrected chi connectivity index (χ0v) is 22.9. The number of hydrogen-bond acceptors (Lipinski definition) is 6. The van der Waals surface area contributed by atoms with Crippen molar-refractivity contribution in [1.29, 1.82) is 0 Å². The Kier molecular flexibility index (Phi) is 6.85. The Morgan fingerprint density at radius 3 is 2.46 bits per heavy atom. The Bertz CT molecular complexity index is 1680. The number of carbonyl (C=O) groups is 1. The van der Waals surface area contributed by atoms with Gasteiger partial charge in [-0.15, -0.1) is 0 Å². The summed E-state index contributed by atoms with van der Waals surface area (Å²) < 4.78 is 10.8. The normalized spacial score (nSPS) is 18.0. The fourth-order valence-electron chi connectivity index (χ4n) is 4.85. The molecule has 0 saturated carbocycles. The molecule has 1 amide bonds. The monoisotopic (exact) mass is 553 g/mol. The smallest absolute Gasteiger partial charge is 0.311 e. The Labute approximate surface area is 235 Å². The van der Waals surface area contributed by atoms with Crippen LogP contribution < -0.4 is 9.47 Å². The molecule has 39 heavy (non-hydrogen) atoms. The summed E-state index contributed by atoms with van der Waals surface area (Å²) in [5, 5.41) is 9.63. The zero-order valence-electron chi connectivity index (χ0n) is 21.3. The third-order valence-corrected chi connectivity index (χ3v) is 7.82. The predicted molar refractivity (Wildman–Crippen MR) is 159 cm³/mol. The second-order valence-electron chi connectivity index (χ2n) is 9.15. The first-order chi connectivity index (χ1) is 19.0. The number of fused-ring (bicyclic) bond motifs is 1. The largest absolute Gasteiger partial charge is 0.493 e. The van der Waals surface area contributed by atoms with Gasteiger partial charge in [-0.1, -0.05) is 66.2 Å². The topological polar surface area (TPSA) is 63.5 Å². The van der Waals surface area contributed by atoms with Gasteiger partial charge >= 0.3 is 5.24 Å². The van der Waals surface area contributed by atoms with E-state index in [0.29, 0.717) is 28.8 Å². The van der Waals surface area contributed by atoms with Crippen molar-refractivity contribution in [1.82, 2.24) is 5.01 Å². The molecule has 2 aliphatic rings. The molecule has 0 spiro atoms. The molecule has 0 N–H and O–H groups in total. The van der Waals surface area contributed by atoms with Crippen LogP contribution in [-0.2, 0) is 0 Å². The molecule has 2 aliphatic heterocycles. The highest BCUT2D eigenvalue weighted by Gasteiger charge is 2.37. The first kappa shape index (κ1) is 25.2. The summed E-state index contributed by atoms with van der Waals surface area (Å²) >= 11 is 7.29. The highest BCUT2D eigenvalue weighted by Crippen LogP contribution is 2.40. The summed E-state index contributed by atoms with van der Waals surface area (Å²) in [4.78, 5) is 17.7. The minimum Gasteiger partial charge on any atom is -0.493 e. The number of aliphatic imine (C=N–C) groups is 1. The molecule has 6 nitrogen and oxygen atoms in total. The number of amidine groups is 1. The molecule has 0 aliphatic carbocycles. The lowest BCUT2D eigenvalue weighted by Gasteiger charge is -2.24. The quantitative estimate of drug-likeness (QED) is 0.251. The molecule has 1 unspecified atom stereocenters. The van der Waals surface area contributed by atoms with Crippen molar-refractivity contribution in [2.24, 2.45) is 10.1 Å². The number of benzene rings is 4. The van der Waals surface area contributed by atoms with Gasteiger partial charge in [-0.2, -0.15) is 10.1 Å². The van der Waals surface area contributed by atoms with E-state index < -0.39 is 0 Å². The van der Waals surface area contributed by atoms with E-state index in [2.05, 4.69) is 35.3 Å². The van der Waals surface area contributed by atoms with E-state index in [9.17, 15) is 4.79 Å². The number of hydrogen-bond donors (Lipinski definition) is 0. The third-order valence-electron chi connectivity index (χ3n) is 6.79. The number of thioether (sulfide) groups is 1. The van der Waals surface area contributed by atoms with Crippen LogP contribution in [0.15, 0.2) is 99.9 Å². The Balaban J connectivity index is 1.42. The molecule has 0 bridgehead atoms. The van der Waals surface area contributed by atoms with Crippen molar-refractivity contribution in [2.75, 3.05) is 14.2 Å². The van der Waals surface area contributed by atoms with Gasteiger partial charge in [0.15, 0.2) is 17.3 Å². The van der Waals surface area contributed by atoms with Crippen LogP contribution in [0.25, 0.3) is 16.8 Å². The molecule has 8 heteroatoms. The predicted octanol–water partition coefficient (Wildman–Crippen LogP) is 7.97. The van der Waals surface area contributed by atoms with E-state index in [-0.39, 0.29) is 11.3 Å². The molecular weight excluding hydrogens is 530 g/mol. The van der Waals surface area contributed by atoms with Crippen LogP contribution >= 0.6 is 23.4 Å². The van der Waals surface area contributed by atoms with Crippen molar-refractivity contribution in [3.63, 3.8) is 0 Å². The molecule has 4 aromatic rings. The molecule has 4 aromatic carbocycles. The summed E-state index contributed by atoms with van der Waals surface area (Å²) in [6.45, 7) is 0. The van der Waals surface area contributed by atoms with E-state index >= 15 is 0 Å². The van der Waals surface area contributed by atoms with E-state index in [4.69, 9.17) is 26.2 Å². The summed E-state index contributed by atoms with van der Waals surface area (Å²) in [5.74, 6) is 1.77. The maximum Gasteiger partial charge on any atom is 0.311 e. The van der Waals surface area contributed by atoms with Crippen LogP contribution in [0.5, 0.6) is 11.5 Å². The molecule has 1 atom stereocenters. The number of carbonyl (C=O) groups excluding carboxylic acids is 1. The van der Waals surface area contributed by atoms with Gasteiger partial charge in [0.05, 0.1) is 30.9 Å². The number of amides is 1. The van der Waals surface area contributed by atoms with E-state index in [1.165, 1.54) is 5.39 Å². The number of nitrogens with zero attached hydrogens (tertiary/aromatic N) is 3. The van der Waals surface area contributed by atoms with Crippen molar-refractivity contribution in [2.45, 2.75) is 12.5 Å². The van der Waals surface area contributed by atoms with Crippen LogP contribution in [0.1, 0.15) is 29.2 Å². The summed E-state index contributed by atoms with van der Waals surface area (Å²) in [6.07, 6.45) is 2.58. The fraction of sp³-hybridized carbons (Fsp3) is 0.129. The minimum atomic E-state index is -0.277. The molecule has 2 heterocycles. The standard InChI is InChI=1S/C31H24ClN3O3S/c1-37-27-14-7-19(15-28(27)38-2)16-29-30(33-31(36)39-29)35-26(21-10-12-24(32)13-11-21)18-25(34-35)23-9-8-20-5-3-4-6-22(20)17-23/h3-17,26H,18H2,1-2H3/b29-16-. The third kappa shape index (κ3) is 5.03. The van der Waals surface area contributed by atoms with Crippen molar-refractivity contribution in [3.05, 3.63) is 112 Å². The second-order valence-corrected chi connectivity index (χ2v) is 10.6. The van der Waals surface area contributed by atoms with Crippen LogP contribution in [0.2, 0.25) is 5.02 Å². The van der Waals surface area contributed by atoms with Gasteiger partial charge in [0, 0.05) is 11.4 Å². The van der Waals surface area contributed by atoms with Crippen LogP contribution in [-0.4, -0.2) is 36.0 Å². The molecule has 0 aromatic heterocycles. The van der Waals surface area contributed by atoms with Crippen LogP contribution in [0.3, 0.4) is 0 Å². The minimum absolute atomic E-state index is 0.150. The number of hydrazone groups is 1. The molecule has 0 radical (unpaired) electrons. The lowest BCUT2D eigenvalue weighted by atomic mass is 9.97. The molecule has 6 rings (SSSR count). The fourth-order valence-corrected chi connectivity index (χ4v) is 5.72. The van der Waals surface area contributed by atoms with Gasteiger partial charge in [0.1, 0.15) is 0 Å². The Morgan fingerprint density at radius 2 is 1.69 bits per heavy atom. The zero-order chi connectivity index (χ0) is 26.9. The maximum absolute atomic E-state index is 12.6. The molecule has 194 valence electrons. The summed E-state index contributed by atoms with van der Waals surface area (Å²) in [6, 6.07) is 27.9. The van der Waals surface area contributed by atoms with Crippen LogP contribution in [0.4, 0.5) is 4.79 Å². The average molecular weight is 554 g/mol. The first-order valence-corrected chi connectivity index (χ1v) is 13.6. The highest BCUT2D eigenvalue weighted by molar-refractivity contribution is 8.18. The lowest BCUT2D eigenvalue weighted by Crippen LogP contribution is -2.26. The summed E-state index contributed by atoms with van der Waals surface area (Å²) in [5.41, 5.74) is 3.87. The van der Waals surface area contributed by atoms with E-state index in [0.717, 1.165) is 44.5 Å². The van der Waals surface area contributed by atoms with Crippen molar-refractivity contribution < 1.29 is 14.3 Å². The number of halogens is 1. The Morgan fingerprint density at radius 1 is 0.923 bits per heavy atom. The van der Waals surface area contributed by atoms with Gasteiger partial charge in [0.2, 0.25) is 0 Å². The first-order valence-electron chi connectivity index (χ1n) is 12.4. The molecular formula is C31H24ClN3O3S. The number of ether oxygens (including phenoxy) is 2. The lowest BCUT2D eigenvalue weighted by molar-refractivity contribution is 0.267. The number of methoxy groups -OCH3 is 2. The average Bonchev–Trinajstić information content (AvgIpc) is 3.56. The van der Waals surface area contributed by atoms with Crippen LogP contribution in [0, 0.1) is 0 Å². The maximum atomic E-state index is 12.6. The number of rotatable bonds is 5. The van der Waals surface area contributed by atoms with Gasteiger partial charge in [0.25, 0.3) is 0 Å². The van der Waals surface area contributed by atoms with Gasteiger partial charge in [-0.3, -0.25) is 4.79 Å². The van der Waals surface area contributed by atoms with Gasteiger partial charge < -0.3 is 9.47 Å². The molecule has 0 saturated heterocycles. The van der Waals surface area contributed by atoms with Crippen molar-refractivity contribution >= 4 is 57.0 Å². The Hall–Kier alpha value is -4.07. The van der Waals surface area contributed by atoms with E-state index in [1.54, 1.807) is 14.2 Å². The molecule has 0 fully saturated rings. The second kappa shape index (κ2) is 10.6. The SMILES string of the molecule is COc1ccc(/C=C2\SC(=O)N=C2N2N=C(c3ccc4ccccc4c3)CC2c2ccc(Cl)cc2)cc1OC. The van der Waals surface area contributed by atoms with Gasteiger partial charge in [-0.05, 0) is 75.6 Å². The highest BCUT2D eigenvalue weighted by atomic mass is 35.5. The van der Waals surface area contributed by atoms with E-state index in [1.807, 2.05) is 65.7 Å². The summed E-state index contributed by atoms with van der Waals surface area (Å²) in [7, 11) is 3.20. The van der Waals surface area contributed by atoms with Gasteiger partial charge in [-0.25, -0.2) is 5.01 Å².